The minimum atomic E-state index is -0.767. The summed E-state index contributed by atoms with van der Waals surface area (Å²) in [6, 6.07) is 11.9. The molecule has 0 aliphatic rings. The number of nitrogens with zero attached hydrogens (tertiary/aromatic N) is 2. The van der Waals surface area contributed by atoms with E-state index >= 15 is 0 Å². The summed E-state index contributed by atoms with van der Waals surface area (Å²) in [6.07, 6.45) is 6.30. The van der Waals surface area contributed by atoms with Crippen LogP contribution in [0.4, 0.5) is 5.69 Å². The van der Waals surface area contributed by atoms with Gasteiger partial charge in [-0.25, -0.2) is 0 Å². The maximum Gasteiger partial charge on any atom is 0.274 e. The summed E-state index contributed by atoms with van der Waals surface area (Å²) in [5.74, 6) is 0.868. The van der Waals surface area contributed by atoms with Crippen molar-refractivity contribution in [3.63, 3.8) is 0 Å². The van der Waals surface area contributed by atoms with Gasteiger partial charge in [0.1, 0.15) is 11.4 Å². The van der Waals surface area contributed by atoms with Crippen LogP contribution in [0.15, 0.2) is 53.8 Å². The summed E-state index contributed by atoms with van der Waals surface area (Å²) in [7, 11) is -0.767. The standard InChI is InChI=1S/C15H17N2OSi/c1-19(2)18-15-6-4-3-5-14(15)17-12-9-13-7-10-16-11-8-13/h3-8,10-12H,9H2,1-2H3. The fourth-order valence-electron chi connectivity index (χ4n) is 1.64. The highest BCUT2D eigenvalue weighted by Gasteiger charge is 2.04. The average molecular weight is 269 g/mol. The van der Waals surface area contributed by atoms with Gasteiger partial charge in [0.25, 0.3) is 9.04 Å². The van der Waals surface area contributed by atoms with E-state index < -0.39 is 9.04 Å². The Bertz CT molecular complexity index is 541. The van der Waals surface area contributed by atoms with Crippen molar-refractivity contribution < 1.29 is 4.43 Å². The van der Waals surface area contributed by atoms with Gasteiger partial charge in [-0.1, -0.05) is 12.1 Å². The number of para-hydroxylation sites is 2. The summed E-state index contributed by atoms with van der Waals surface area (Å²) in [5, 5.41) is 0. The third-order valence-corrected chi connectivity index (χ3v) is 3.11. The summed E-state index contributed by atoms with van der Waals surface area (Å²) in [6.45, 7) is 4.23. The first-order chi connectivity index (χ1) is 9.25. The zero-order valence-electron chi connectivity index (χ0n) is 11.2. The van der Waals surface area contributed by atoms with E-state index in [0.717, 1.165) is 17.9 Å². The van der Waals surface area contributed by atoms with Crippen LogP contribution in [0.2, 0.25) is 13.1 Å². The molecule has 0 N–H and O–H groups in total. The molecule has 0 bridgehead atoms. The fraction of sp³-hybridized carbons (Fsp3) is 0.200. The van der Waals surface area contributed by atoms with Gasteiger partial charge in [0.15, 0.2) is 0 Å². The highest BCUT2D eigenvalue weighted by molar-refractivity contribution is 6.49. The van der Waals surface area contributed by atoms with Crippen molar-refractivity contribution in [1.82, 2.24) is 4.98 Å². The van der Waals surface area contributed by atoms with Crippen LogP contribution in [0.25, 0.3) is 0 Å². The Morgan fingerprint density at radius 3 is 2.63 bits per heavy atom. The van der Waals surface area contributed by atoms with Crippen molar-refractivity contribution in [2.24, 2.45) is 4.99 Å². The van der Waals surface area contributed by atoms with Crippen LogP contribution in [0.1, 0.15) is 5.56 Å². The average Bonchev–Trinajstić information content (AvgIpc) is 2.41. The second kappa shape index (κ2) is 6.85. The lowest BCUT2D eigenvalue weighted by molar-refractivity contribution is 0.582. The first-order valence-corrected chi connectivity index (χ1v) is 8.65. The van der Waals surface area contributed by atoms with Gasteiger partial charge >= 0.3 is 0 Å². The molecule has 0 fully saturated rings. The second-order valence-corrected chi connectivity index (χ2v) is 6.37. The number of aromatic nitrogens is 1. The van der Waals surface area contributed by atoms with Crippen molar-refractivity contribution in [3.05, 3.63) is 54.4 Å². The van der Waals surface area contributed by atoms with Crippen LogP contribution in [-0.4, -0.2) is 20.2 Å². The highest BCUT2D eigenvalue weighted by Crippen LogP contribution is 2.27. The Labute approximate surface area is 115 Å². The Balaban J connectivity index is 2.06. The molecule has 0 atom stereocenters. The lowest BCUT2D eigenvalue weighted by atomic mass is 10.2. The Hall–Kier alpha value is -1.94. The molecule has 97 valence electrons. The van der Waals surface area contributed by atoms with Crippen molar-refractivity contribution >= 4 is 20.9 Å². The molecular weight excluding hydrogens is 252 g/mol. The van der Waals surface area contributed by atoms with Crippen LogP contribution < -0.4 is 4.43 Å². The molecule has 4 heteroatoms. The number of rotatable bonds is 5. The first-order valence-electron chi connectivity index (χ1n) is 6.24. The third-order valence-electron chi connectivity index (χ3n) is 2.49. The molecular formula is C15H17N2OSi. The lowest BCUT2D eigenvalue weighted by Gasteiger charge is -2.10. The highest BCUT2D eigenvalue weighted by atomic mass is 28.3. The maximum absolute atomic E-state index is 5.83. The van der Waals surface area contributed by atoms with Crippen molar-refractivity contribution in [2.45, 2.75) is 19.5 Å². The molecule has 3 nitrogen and oxygen atoms in total. The fourth-order valence-corrected chi connectivity index (χ4v) is 2.25. The molecule has 1 heterocycles. The van der Waals surface area contributed by atoms with Gasteiger partial charge in [0.2, 0.25) is 0 Å². The van der Waals surface area contributed by atoms with E-state index in [2.05, 4.69) is 23.1 Å². The van der Waals surface area contributed by atoms with Crippen LogP contribution in [0.5, 0.6) is 5.75 Å². The predicted octanol–water partition coefficient (Wildman–Crippen LogP) is 3.66. The molecule has 0 saturated carbocycles. The minimum Gasteiger partial charge on any atom is -0.541 e. The molecule has 2 rings (SSSR count). The van der Waals surface area contributed by atoms with Gasteiger partial charge in [0, 0.05) is 25.0 Å². The third kappa shape index (κ3) is 4.33. The lowest BCUT2D eigenvalue weighted by Crippen LogP contribution is -2.11. The van der Waals surface area contributed by atoms with Crippen molar-refractivity contribution in [1.29, 1.82) is 0 Å². The van der Waals surface area contributed by atoms with E-state index in [9.17, 15) is 0 Å². The van der Waals surface area contributed by atoms with Crippen molar-refractivity contribution in [2.75, 3.05) is 0 Å². The van der Waals surface area contributed by atoms with E-state index in [1.165, 1.54) is 5.56 Å². The molecule has 0 saturated heterocycles. The van der Waals surface area contributed by atoms with Gasteiger partial charge in [-0.05, 0) is 42.9 Å². The largest absolute Gasteiger partial charge is 0.541 e. The molecule has 0 amide bonds. The SMILES string of the molecule is C[Si](C)Oc1ccccc1N=CCc1ccncc1. The Morgan fingerprint density at radius 2 is 1.89 bits per heavy atom. The molecule has 2 aromatic rings. The van der Waals surface area contributed by atoms with Crippen LogP contribution >= 0.6 is 0 Å². The van der Waals surface area contributed by atoms with Gasteiger partial charge in [0.05, 0.1) is 0 Å². The normalized spacial score (nSPS) is 11.1. The number of hydrogen-bond acceptors (Lipinski definition) is 3. The smallest absolute Gasteiger partial charge is 0.274 e. The van der Waals surface area contributed by atoms with E-state index in [0.29, 0.717) is 0 Å². The van der Waals surface area contributed by atoms with Crippen molar-refractivity contribution in [3.8, 4) is 5.75 Å². The summed E-state index contributed by atoms with van der Waals surface area (Å²) < 4.78 is 5.83. The zero-order valence-corrected chi connectivity index (χ0v) is 12.2. The molecule has 1 radical (unpaired) electrons. The number of pyridine rings is 1. The molecule has 0 aliphatic heterocycles. The number of benzene rings is 1. The Morgan fingerprint density at radius 1 is 1.16 bits per heavy atom. The van der Waals surface area contributed by atoms with Crippen LogP contribution in [-0.2, 0) is 6.42 Å². The number of hydrogen-bond donors (Lipinski definition) is 0. The van der Waals surface area contributed by atoms with Gasteiger partial charge < -0.3 is 4.43 Å². The summed E-state index contributed by atoms with van der Waals surface area (Å²) in [4.78, 5) is 8.50. The quantitative estimate of drug-likeness (QED) is 0.613. The summed E-state index contributed by atoms with van der Waals surface area (Å²) >= 11 is 0. The monoisotopic (exact) mass is 269 g/mol. The molecule has 19 heavy (non-hydrogen) atoms. The maximum atomic E-state index is 5.83. The minimum absolute atomic E-state index is 0.767. The van der Waals surface area contributed by atoms with Crippen LogP contribution in [0.3, 0.4) is 0 Å². The molecule has 1 aromatic carbocycles. The zero-order chi connectivity index (χ0) is 13.5. The van der Waals surface area contributed by atoms with Gasteiger partial charge in [-0.15, -0.1) is 0 Å². The number of aliphatic imine (C=N–C) groups is 1. The second-order valence-electron chi connectivity index (χ2n) is 4.35. The van der Waals surface area contributed by atoms with Gasteiger partial charge in [-0.3, -0.25) is 9.98 Å². The molecule has 0 unspecified atom stereocenters. The van der Waals surface area contributed by atoms with E-state index in [1.54, 1.807) is 12.4 Å². The predicted molar refractivity (Wildman–Crippen MR) is 80.6 cm³/mol. The molecule has 0 aliphatic carbocycles. The Kier molecular flexibility index (Phi) is 4.86. The van der Waals surface area contributed by atoms with E-state index in [4.69, 9.17) is 4.43 Å². The van der Waals surface area contributed by atoms with E-state index in [-0.39, 0.29) is 0 Å². The van der Waals surface area contributed by atoms with Crippen LogP contribution in [0, 0.1) is 0 Å². The van der Waals surface area contributed by atoms with Gasteiger partial charge in [-0.2, -0.15) is 0 Å². The summed E-state index contributed by atoms with van der Waals surface area (Å²) in [5.41, 5.74) is 2.09. The molecule has 0 spiro atoms. The topological polar surface area (TPSA) is 34.5 Å². The van der Waals surface area contributed by atoms with E-state index in [1.807, 2.05) is 42.6 Å². The first kappa shape index (κ1) is 13.5. The molecule has 1 aromatic heterocycles.